The van der Waals surface area contributed by atoms with Gasteiger partial charge in [0.05, 0.1) is 18.8 Å². The minimum atomic E-state index is -1.13. The predicted octanol–water partition coefficient (Wildman–Crippen LogP) is 20.9. The van der Waals surface area contributed by atoms with E-state index in [0.29, 0.717) is 12.8 Å². The number of amides is 1. The quantitative estimate of drug-likeness (QED) is 0.0457. The fourth-order valence-electron chi connectivity index (χ4n) is 10.9. The Balaban J connectivity index is 3.44. The molecule has 0 rings (SSSR count). The van der Waals surface area contributed by atoms with Crippen LogP contribution in [0.15, 0.2) is 0 Å². The summed E-state index contributed by atoms with van der Waals surface area (Å²) in [6.45, 7) is 4.24. The van der Waals surface area contributed by atoms with Crippen LogP contribution in [-0.4, -0.2) is 46.1 Å². The van der Waals surface area contributed by atoms with Crippen molar-refractivity contribution in [2.24, 2.45) is 0 Å². The zero-order valence-corrected chi connectivity index (χ0v) is 48.2. The van der Waals surface area contributed by atoms with Crippen LogP contribution in [0, 0.1) is 0 Å². The summed E-state index contributed by atoms with van der Waals surface area (Å²) in [5.41, 5.74) is 0. The maximum Gasteiger partial charge on any atom is 0.220 e. The number of carbonyl (C=O) groups excluding carboxylic acids is 1. The summed E-state index contributed by atoms with van der Waals surface area (Å²) in [6.07, 6.45) is 75.9. The number of carbonyl (C=O) groups is 1. The van der Waals surface area contributed by atoms with Gasteiger partial charge in [-0.3, -0.25) is 4.79 Å². The molecule has 3 unspecified atom stereocenters. The second-order valence-corrected chi connectivity index (χ2v) is 23.0. The van der Waals surface area contributed by atoms with E-state index in [1.807, 2.05) is 0 Å². The van der Waals surface area contributed by atoms with Crippen LogP contribution in [0.4, 0.5) is 0 Å². The van der Waals surface area contributed by atoms with E-state index >= 15 is 0 Å². The van der Waals surface area contributed by atoms with E-state index in [-0.39, 0.29) is 12.5 Å². The Morgan fingerprint density at radius 2 is 0.486 bits per heavy atom. The van der Waals surface area contributed by atoms with Gasteiger partial charge in [0.25, 0.3) is 0 Å². The van der Waals surface area contributed by atoms with Crippen LogP contribution in [0.25, 0.3) is 0 Å². The molecule has 0 aliphatic rings. The molecule has 0 saturated heterocycles. The molecule has 70 heavy (non-hydrogen) atoms. The first-order chi connectivity index (χ1) is 34.6. The summed E-state index contributed by atoms with van der Waals surface area (Å²) < 4.78 is 0. The SMILES string of the molecule is CCCCCCCCCCCCCCCCCCCCCCCCCCCCCCCCCCC(=O)NC(CO)C(O)C(O)CCCCCCCCCCCCCCCCCCCCCCCCCC. The zero-order chi connectivity index (χ0) is 50.7. The first-order valence-corrected chi connectivity index (χ1v) is 32.8. The molecule has 0 fully saturated rings. The van der Waals surface area contributed by atoms with Gasteiger partial charge in [-0.1, -0.05) is 367 Å². The number of hydrogen-bond acceptors (Lipinski definition) is 4. The number of aliphatic hydroxyl groups is 3. The van der Waals surface area contributed by atoms with Gasteiger partial charge in [-0.15, -0.1) is 0 Å². The molecular weight excluding hydrogens is 859 g/mol. The van der Waals surface area contributed by atoms with Gasteiger partial charge in [0.15, 0.2) is 0 Å². The molecule has 0 aromatic rings. The minimum absolute atomic E-state index is 0.134. The van der Waals surface area contributed by atoms with Crippen molar-refractivity contribution in [1.29, 1.82) is 0 Å². The number of nitrogens with one attached hydrogen (secondary N) is 1. The summed E-state index contributed by atoms with van der Waals surface area (Å²) in [5, 5.41) is 33.9. The Morgan fingerprint density at radius 3 is 0.686 bits per heavy atom. The van der Waals surface area contributed by atoms with E-state index in [2.05, 4.69) is 19.2 Å². The molecule has 5 heteroatoms. The first kappa shape index (κ1) is 69.3. The van der Waals surface area contributed by atoms with Crippen LogP contribution in [-0.2, 0) is 4.79 Å². The second-order valence-electron chi connectivity index (χ2n) is 23.0. The van der Waals surface area contributed by atoms with Gasteiger partial charge in [-0.05, 0) is 12.8 Å². The normalized spacial score (nSPS) is 13.0. The summed E-state index contributed by atoms with van der Waals surface area (Å²) in [5.74, 6) is -0.134. The Kier molecular flexibility index (Phi) is 60.3. The molecule has 0 aliphatic carbocycles. The van der Waals surface area contributed by atoms with Crippen molar-refractivity contribution in [2.75, 3.05) is 6.61 Å². The maximum atomic E-state index is 12.6. The van der Waals surface area contributed by atoms with Gasteiger partial charge in [0.2, 0.25) is 5.91 Å². The van der Waals surface area contributed by atoms with E-state index in [9.17, 15) is 20.1 Å². The van der Waals surface area contributed by atoms with E-state index in [1.165, 1.54) is 327 Å². The van der Waals surface area contributed by atoms with E-state index in [0.717, 1.165) is 32.1 Å². The van der Waals surface area contributed by atoms with Crippen molar-refractivity contribution >= 4 is 5.91 Å². The molecule has 0 spiro atoms. The van der Waals surface area contributed by atoms with Gasteiger partial charge >= 0.3 is 0 Å². The smallest absolute Gasteiger partial charge is 0.220 e. The highest BCUT2D eigenvalue weighted by Gasteiger charge is 2.26. The van der Waals surface area contributed by atoms with Crippen molar-refractivity contribution in [1.82, 2.24) is 5.32 Å². The molecule has 0 aliphatic heterocycles. The maximum absolute atomic E-state index is 12.6. The summed E-state index contributed by atoms with van der Waals surface area (Å²) in [6, 6.07) is -0.805. The molecule has 4 N–H and O–H groups in total. The largest absolute Gasteiger partial charge is 0.394 e. The average Bonchev–Trinajstić information content (AvgIpc) is 3.36. The number of unbranched alkanes of at least 4 members (excludes halogenated alkanes) is 54. The van der Waals surface area contributed by atoms with Crippen LogP contribution < -0.4 is 5.32 Å². The molecule has 0 radical (unpaired) electrons. The standard InChI is InChI=1S/C65H131NO4/c1-3-5-7-9-11-13-15-17-19-21-23-25-27-29-30-31-32-33-34-35-36-38-40-42-44-46-48-50-52-54-56-58-60-64(69)66-62(61-67)65(70)63(68)59-57-55-53-51-49-47-45-43-41-39-37-28-26-24-22-20-18-16-14-12-10-8-6-4-2/h62-63,65,67-68,70H,3-61H2,1-2H3,(H,66,69). The second kappa shape index (κ2) is 60.9. The molecule has 5 nitrogen and oxygen atoms in total. The Bertz CT molecular complexity index is 960. The highest BCUT2D eigenvalue weighted by Crippen LogP contribution is 2.20. The average molecular weight is 991 g/mol. The van der Waals surface area contributed by atoms with Crippen LogP contribution in [0.3, 0.4) is 0 Å². The molecule has 420 valence electrons. The first-order valence-electron chi connectivity index (χ1n) is 32.8. The number of rotatable bonds is 62. The van der Waals surface area contributed by atoms with E-state index < -0.39 is 18.2 Å². The van der Waals surface area contributed by atoms with Crippen molar-refractivity contribution in [2.45, 2.75) is 405 Å². The van der Waals surface area contributed by atoms with Crippen molar-refractivity contribution < 1.29 is 20.1 Å². The lowest BCUT2D eigenvalue weighted by Crippen LogP contribution is -2.50. The molecule has 0 saturated carbocycles. The third-order valence-corrected chi connectivity index (χ3v) is 16.0. The van der Waals surface area contributed by atoms with Crippen LogP contribution in [0.1, 0.15) is 386 Å². The number of aliphatic hydroxyl groups excluding tert-OH is 3. The van der Waals surface area contributed by atoms with Crippen molar-refractivity contribution in [3.63, 3.8) is 0 Å². The molecule has 1 amide bonds. The Labute approximate surface area is 440 Å². The van der Waals surface area contributed by atoms with Gasteiger partial charge < -0.3 is 20.6 Å². The van der Waals surface area contributed by atoms with Crippen LogP contribution >= 0.6 is 0 Å². The fourth-order valence-corrected chi connectivity index (χ4v) is 10.9. The topological polar surface area (TPSA) is 89.8 Å². The van der Waals surface area contributed by atoms with Gasteiger partial charge in [0, 0.05) is 6.42 Å². The monoisotopic (exact) mass is 990 g/mol. The third-order valence-electron chi connectivity index (χ3n) is 16.0. The van der Waals surface area contributed by atoms with Gasteiger partial charge in [-0.2, -0.15) is 0 Å². The fraction of sp³-hybridized carbons (Fsp3) is 0.985. The summed E-state index contributed by atoms with van der Waals surface area (Å²) in [4.78, 5) is 12.6. The van der Waals surface area contributed by atoms with Crippen molar-refractivity contribution in [3.05, 3.63) is 0 Å². The van der Waals surface area contributed by atoms with E-state index in [1.54, 1.807) is 0 Å². The molecule has 0 aromatic carbocycles. The highest BCUT2D eigenvalue weighted by atomic mass is 16.3. The molecule has 0 heterocycles. The molecule has 3 atom stereocenters. The van der Waals surface area contributed by atoms with E-state index in [4.69, 9.17) is 0 Å². The van der Waals surface area contributed by atoms with Crippen molar-refractivity contribution in [3.8, 4) is 0 Å². The molecular formula is C65H131NO4. The summed E-state index contributed by atoms with van der Waals surface area (Å²) >= 11 is 0. The Morgan fingerprint density at radius 1 is 0.300 bits per heavy atom. The lowest BCUT2D eigenvalue weighted by molar-refractivity contribution is -0.124. The van der Waals surface area contributed by atoms with Gasteiger partial charge in [0.1, 0.15) is 6.10 Å². The minimum Gasteiger partial charge on any atom is -0.394 e. The summed E-state index contributed by atoms with van der Waals surface area (Å²) in [7, 11) is 0. The lowest BCUT2D eigenvalue weighted by Gasteiger charge is -2.26. The predicted molar refractivity (Wildman–Crippen MR) is 310 cm³/mol. The third kappa shape index (κ3) is 55.1. The molecule has 0 bridgehead atoms. The highest BCUT2D eigenvalue weighted by molar-refractivity contribution is 5.76. The Hall–Kier alpha value is -0.650. The van der Waals surface area contributed by atoms with Gasteiger partial charge in [-0.25, -0.2) is 0 Å². The number of hydrogen-bond donors (Lipinski definition) is 4. The van der Waals surface area contributed by atoms with Crippen LogP contribution in [0.2, 0.25) is 0 Å². The van der Waals surface area contributed by atoms with Crippen LogP contribution in [0.5, 0.6) is 0 Å². The molecule has 0 aromatic heterocycles. The zero-order valence-electron chi connectivity index (χ0n) is 48.2. The lowest BCUT2D eigenvalue weighted by atomic mass is 9.99.